The van der Waals surface area contributed by atoms with Crippen LogP contribution in [0.5, 0.6) is 0 Å². The summed E-state index contributed by atoms with van der Waals surface area (Å²) in [4.78, 5) is 4.62. The van der Waals surface area contributed by atoms with Gasteiger partial charge in [0.05, 0.1) is 39.3 Å². The van der Waals surface area contributed by atoms with Gasteiger partial charge in [-0.1, -0.05) is 156 Å². The zero-order valence-corrected chi connectivity index (χ0v) is 56.9. The lowest BCUT2D eigenvalue weighted by Crippen LogP contribution is -2.22. The van der Waals surface area contributed by atoms with E-state index in [0.717, 1.165) is 173 Å². The van der Waals surface area contributed by atoms with Crippen molar-refractivity contribution >= 4 is 34.1 Å². The summed E-state index contributed by atoms with van der Waals surface area (Å²) in [6.45, 7) is 30.1. The van der Waals surface area contributed by atoms with E-state index in [-0.39, 0.29) is 25.2 Å². The molecule has 5 aliphatic heterocycles. The highest BCUT2D eigenvalue weighted by Gasteiger charge is 2.20. The Morgan fingerprint density at radius 2 is 0.528 bits per heavy atom. The smallest absolute Gasteiger partial charge is 0.158 e. The number of ether oxygens (including phenoxy) is 9. The van der Waals surface area contributed by atoms with Crippen LogP contribution in [0.3, 0.4) is 0 Å². The number of nitrogens with zero attached hydrogens (tertiary/aromatic N) is 2. The molecule has 89 heavy (non-hydrogen) atoms. The van der Waals surface area contributed by atoms with Crippen LogP contribution < -0.4 is 9.80 Å². The highest BCUT2D eigenvalue weighted by molar-refractivity contribution is 5.78. The normalized spacial score (nSPS) is 18.2. The fourth-order valence-electron chi connectivity index (χ4n) is 10.2. The molecule has 11 nitrogen and oxygen atoms in total. The predicted molar refractivity (Wildman–Crippen MR) is 371 cm³/mol. The minimum Gasteiger partial charge on any atom is -0.502 e. The Morgan fingerprint density at radius 1 is 0.292 bits per heavy atom. The first-order valence-electron chi connectivity index (χ1n) is 34.5. The quantitative estimate of drug-likeness (QED) is 0.0732. The molecule has 0 saturated carbocycles. The summed E-state index contributed by atoms with van der Waals surface area (Å²) < 4.78 is 52.7. The van der Waals surface area contributed by atoms with Gasteiger partial charge in [-0.3, -0.25) is 0 Å². The molecule has 11 rings (SSSR count). The number of rotatable bonds is 20. The fourth-order valence-corrected chi connectivity index (χ4v) is 10.2. The SMILES string of the molecule is C1=COCCC1.CC.CC.CC.CC.CC.CC.c1cc(N(c2ccc(COC3CCCCO3)cc2)c2ccc(Cc3ccc(N(c4ccc(COC5CCCCO5)cc4)c4ccc(COC5CCCCO5)cc4)cc3)cc2)ccc1COC1CCCCO1. The summed E-state index contributed by atoms with van der Waals surface area (Å²) >= 11 is 0. The lowest BCUT2D eigenvalue weighted by molar-refractivity contribution is -0.169. The van der Waals surface area contributed by atoms with Crippen molar-refractivity contribution in [2.45, 2.75) is 231 Å². The maximum Gasteiger partial charge on any atom is 0.158 e. The highest BCUT2D eigenvalue weighted by Crippen LogP contribution is 2.38. The van der Waals surface area contributed by atoms with Crippen molar-refractivity contribution in [3.8, 4) is 0 Å². The summed E-state index contributed by atoms with van der Waals surface area (Å²) in [5.74, 6) is 0. The highest BCUT2D eigenvalue weighted by atomic mass is 16.7. The average Bonchev–Trinajstić information content (AvgIpc) is 1.69. The summed E-state index contributed by atoms with van der Waals surface area (Å²) in [6, 6.07) is 52.7. The molecule has 4 fully saturated rings. The Bertz CT molecular complexity index is 2330. The molecule has 4 saturated heterocycles. The van der Waals surface area contributed by atoms with E-state index >= 15 is 0 Å². The van der Waals surface area contributed by atoms with Gasteiger partial charge in [0.15, 0.2) is 25.2 Å². The minimum atomic E-state index is -0.120. The molecule has 5 heterocycles. The van der Waals surface area contributed by atoms with Crippen LogP contribution in [0.25, 0.3) is 0 Å². The zero-order chi connectivity index (χ0) is 64.1. The van der Waals surface area contributed by atoms with Crippen molar-refractivity contribution < 1.29 is 42.6 Å². The summed E-state index contributed by atoms with van der Waals surface area (Å²) in [5, 5.41) is 0. The van der Waals surface area contributed by atoms with Crippen LogP contribution in [0.1, 0.15) is 206 Å². The minimum absolute atomic E-state index is 0.120. The van der Waals surface area contributed by atoms with Crippen LogP contribution in [0.15, 0.2) is 158 Å². The first-order chi connectivity index (χ1) is 44.1. The Kier molecular flexibility index (Phi) is 40.0. The Morgan fingerprint density at radius 3 is 0.697 bits per heavy atom. The first kappa shape index (κ1) is 75.6. The molecule has 0 bridgehead atoms. The van der Waals surface area contributed by atoms with Crippen molar-refractivity contribution in [2.24, 2.45) is 0 Å². The lowest BCUT2D eigenvalue weighted by atomic mass is 10.0. The van der Waals surface area contributed by atoms with Gasteiger partial charge in [-0.15, -0.1) is 0 Å². The van der Waals surface area contributed by atoms with E-state index in [1.807, 2.05) is 89.2 Å². The molecule has 0 aliphatic carbocycles. The molecule has 0 radical (unpaired) electrons. The van der Waals surface area contributed by atoms with Gasteiger partial charge in [0.2, 0.25) is 0 Å². The molecule has 6 aromatic rings. The van der Waals surface area contributed by atoms with Gasteiger partial charge in [0, 0.05) is 60.6 Å². The van der Waals surface area contributed by atoms with Crippen LogP contribution in [-0.4, -0.2) is 58.2 Å². The molecule has 4 unspecified atom stereocenters. The van der Waals surface area contributed by atoms with Crippen LogP contribution in [0, 0.1) is 0 Å². The van der Waals surface area contributed by atoms with Gasteiger partial charge in [-0.25, -0.2) is 0 Å². The monoisotopic (exact) mass is 1220 g/mol. The molecule has 0 spiro atoms. The molecular weight excluding hydrogens is 1110 g/mol. The number of benzene rings is 6. The molecule has 0 N–H and O–H groups in total. The van der Waals surface area contributed by atoms with E-state index in [2.05, 4.69) is 155 Å². The fraction of sp³-hybridized carbons (Fsp3) is 0.513. The molecule has 4 atom stereocenters. The summed E-state index contributed by atoms with van der Waals surface area (Å²) in [7, 11) is 0. The first-order valence-corrected chi connectivity index (χ1v) is 34.5. The van der Waals surface area contributed by atoms with E-state index in [1.165, 1.54) is 24.0 Å². The molecule has 0 amide bonds. The maximum absolute atomic E-state index is 6.12. The van der Waals surface area contributed by atoms with Gasteiger partial charge in [0.25, 0.3) is 0 Å². The number of hydrogen-bond donors (Lipinski definition) is 0. The predicted octanol–water partition coefficient (Wildman–Crippen LogP) is 21.9. The number of hydrogen-bond acceptors (Lipinski definition) is 11. The lowest BCUT2D eigenvalue weighted by Gasteiger charge is -2.27. The number of allylic oxidation sites excluding steroid dienone is 1. The van der Waals surface area contributed by atoms with E-state index in [4.69, 9.17) is 42.6 Å². The summed E-state index contributed by atoms with van der Waals surface area (Å²) in [6.07, 6.45) is 19.3. The van der Waals surface area contributed by atoms with Crippen molar-refractivity contribution in [1.82, 2.24) is 0 Å². The van der Waals surface area contributed by atoms with Gasteiger partial charge in [-0.2, -0.15) is 0 Å². The molecule has 490 valence electrons. The average molecular weight is 1220 g/mol. The number of anilines is 6. The van der Waals surface area contributed by atoms with Gasteiger partial charge in [0.1, 0.15) is 0 Å². The standard InChI is InChI=1S/C61H70N2O8.C5H8O.6C2H6/c1-5-37-64-58(9-1)68-42-48-17-29-54(30-18-48)62(55-31-19-49(20-32-55)43-69-59-10-2-6-38-65-59)52-25-13-46(14-26-52)41-47-15-27-53(28-16-47)63(56-33-21-50(22-34-56)44-70-60-11-3-7-39-66-60)57-35-23-51(24-36-57)45-71-61-12-4-8-40-67-61;1-2-4-6-5-3-1;6*1-2/h13-36,58-61H,1-12,37-45H2;2,4H,1,3,5H2;6*1-2H3. The van der Waals surface area contributed by atoms with Crippen LogP contribution in [0.4, 0.5) is 34.1 Å². The molecule has 6 aromatic carbocycles. The third-order valence-corrected chi connectivity index (χ3v) is 14.7. The van der Waals surface area contributed by atoms with Gasteiger partial charge in [-0.05, 0) is 209 Å². The molecule has 11 heteroatoms. The van der Waals surface area contributed by atoms with E-state index in [9.17, 15) is 0 Å². The van der Waals surface area contributed by atoms with Crippen LogP contribution >= 0.6 is 0 Å². The van der Waals surface area contributed by atoms with Crippen LogP contribution in [-0.2, 0) is 75.5 Å². The zero-order valence-electron chi connectivity index (χ0n) is 56.9. The molecule has 5 aliphatic rings. The Labute approximate surface area is 539 Å². The Hall–Kier alpha value is -5.86. The van der Waals surface area contributed by atoms with E-state index in [1.54, 1.807) is 6.26 Å². The Balaban J connectivity index is 0.000000844. The largest absolute Gasteiger partial charge is 0.502 e. The third-order valence-electron chi connectivity index (χ3n) is 14.7. The van der Waals surface area contributed by atoms with Crippen molar-refractivity contribution in [2.75, 3.05) is 42.8 Å². The van der Waals surface area contributed by atoms with Gasteiger partial charge < -0.3 is 52.4 Å². The third kappa shape index (κ3) is 26.9. The van der Waals surface area contributed by atoms with Crippen molar-refractivity contribution in [3.63, 3.8) is 0 Å². The molecule has 0 aromatic heterocycles. The molecular formula is C78H114N2O9. The van der Waals surface area contributed by atoms with E-state index < -0.39 is 0 Å². The van der Waals surface area contributed by atoms with Gasteiger partial charge >= 0.3 is 0 Å². The topological polar surface area (TPSA) is 89.6 Å². The van der Waals surface area contributed by atoms with Crippen molar-refractivity contribution in [3.05, 3.63) is 191 Å². The van der Waals surface area contributed by atoms with E-state index in [0.29, 0.717) is 26.4 Å². The van der Waals surface area contributed by atoms with Crippen LogP contribution in [0.2, 0.25) is 0 Å². The maximum atomic E-state index is 6.12. The summed E-state index contributed by atoms with van der Waals surface area (Å²) in [5.41, 5.74) is 13.4. The second kappa shape index (κ2) is 47.1. The second-order valence-electron chi connectivity index (χ2n) is 20.7. The van der Waals surface area contributed by atoms with Crippen molar-refractivity contribution in [1.29, 1.82) is 0 Å². The second-order valence-corrected chi connectivity index (χ2v) is 20.7.